The van der Waals surface area contributed by atoms with E-state index in [9.17, 15) is 5.11 Å². The van der Waals surface area contributed by atoms with Crippen LogP contribution in [0, 0.1) is 0 Å². The smallest absolute Gasteiger partial charge is 0.143 e. The SMILES string of the molecule is CN(CCO)c1c(OC2CCC(N)CC2)ccc2c1CC1(CCCC1)c1c(N)ncnc1-2. The largest absolute Gasteiger partial charge is 0.488 e. The van der Waals surface area contributed by atoms with E-state index >= 15 is 0 Å². The molecule has 1 aromatic heterocycles. The Bertz CT molecular complexity index is 981. The van der Waals surface area contributed by atoms with Crippen molar-refractivity contribution >= 4 is 11.5 Å². The molecule has 0 amide bonds. The van der Waals surface area contributed by atoms with Crippen molar-refractivity contribution in [1.82, 2.24) is 9.97 Å². The molecule has 0 bridgehead atoms. The van der Waals surface area contributed by atoms with E-state index in [1.165, 1.54) is 18.4 Å². The van der Waals surface area contributed by atoms with Gasteiger partial charge < -0.3 is 26.2 Å². The predicted octanol–water partition coefficient (Wildman–Crippen LogP) is 3.17. The Morgan fingerprint density at radius 2 is 1.91 bits per heavy atom. The molecule has 2 saturated carbocycles. The van der Waals surface area contributed by atoms with E-state index in [-0.39, 0.29) is 18.1 Å². The number of rotatable bonds is 5. The van der Waals surface area contributed by atoms with Gasteiger partial charge >= 0.3 is 0 Å². The van der Waals surface area contributed by atoms with Crippen LogP contribution in [0.4, 0.5) is 11.5 Å². The molecule has 2 aromatic rings. The molecule has 3 aliphatic rings. The third-order valence-corrected chi connectivity index (χ3v) is 7.81. The molecule has 5 rings (SSSR count). The lowest BCUT2D eigenvalue weighted by Gasteiger charge is -2.39. The summed E-state index contributed by atoms with van der Waals surface area (Å²) < 4.78 is 6.59. The van der Waals surface area contributed by atoms with E-state index in [0.29, 0.717) is 18.4 Å². The molecule has 0 unspecified atom stereocenters. The van der Waals surface area contributed by atoms with Crippen molar-refractivity contribution in [3.8, 4) is 17.0 Å². The zero-order chi connectivity index (χ0) is 22.3. The highest BCUT2D eigenvalue weighted by atomic mass is 16.5. The molecule has 172 valence electrons. The lowest BCUT2D eigenvalue weighted by Crippen LogP contribution is -2.34. The molecule has 1 aromatic carbocycles. The van der Waals surface area contributed by atoms with Crippen molar-refractivity contribution in [3.05, 3.63) is 29.6 Å². The van der Waals surface area contributed by atoms with Crippen LogP contribution in [0.1, 0.15) is 62.5 Å². The van der Waals surface area contributed by atoms with Crippen molar-refractivity contribution in [2.24, 2.45) is 5.73 Å². The number of nitrogen functional groups attached to an aromatic ring is 1. The highest BCUT2D eigenvalue weighted by Gasteiger charge is 2.45. The van der Waals surface area contributed by atoms with Crippen molar-refractivity contribution in [3.63, 3.8) is 0 Å². The summed E-state index contributed by atoms with van der Waals surface area (Å²) in [5.74, 6) is 1.52. The number of hydrogen-bond acceptors (Lipinski definition) is 7. The fraction of sp³-hybridized carbons (Fsp3) is 0.600. The van der Waals surface area contributed by atoms with Gasteiger partial charge in [0, 0.05) is 36.2 Å². The Labute approximate surface area is 190 Å². The second-order valence-electron chi connectivity index (χ2n) is 9.88. The summed E-state index contributed by atoms with van der Waals surface area (Å²) in [7, 11) is 2.04. The molecule has 7 heteroatoms. The Morgan fingerprint density at radius 1 is 1.16 bits per heavy atom. The first kappa shape index (κ1) is 21.5. The van der Waals surface area contributed by atoms with Gasteiger partial charge in [0.1, 0.15) is 17.9 Å². The molecule has 0 saturated heterocycles. The molecule has 2 fully saturated rings. The molecule has 0 atom stereocenters. The number of benzene rings is 1. The summed E-state index contributed by atoms with van der Waals surface area (Å²) in [5, 5.41) is 9.71. The number of likely N-dealkylation sites (N-methyl/N-ethyl adjacent to an activating group) is 1. The number of aliphatic hydroxyl groups excluding tert-OH is 1. The number of fused-ring (bicyclic) bond motifs is 4. The predicted molar refractivity (Wildman–Crippen MR) is 127 cm³/mol. The molecule has 1 spiro atoms. The molecule has 3 aliphatic carbocycles. The fourth-order valence-corrected chi connectivity index (χ4v) is 6.21. The van der Waals surface area contributed by atoms with Crippen LogP contribution >= 0.6 is 0 Å². The topological polar surface area (TPSA) is 111 Å². The maximum Gasteiger partial charge on any atom is 0.143 e. The van der Waals surface area contributed by atoms with Gasteiger partial charge in [-0.2, -0.15) is 0 Å². The summed E-state index contributed by atoms with van der Waals surface area (Å²) in [6.45, 7) is 0.642. The third kappa shape index (κ3) is 3.61. The Hall–Kier alpha value is -2.38. The second kappa shape index (κ2) is 8.52. The van der Waals surface area contributed by atoms with E-state index < -0.39 is 0 Å². The minimum absolute atomic E-state index is 0.0152. The molecular formula is C25H35N5O2. The van der Waals surface area contributed by atoms with Crippen LogP contribution in [0.15, 0.2) is 18.5 Å². The van der Waals surface area contributed by atoms with Gasteiger partial charge in [0.05, 0.1) is 24.1 Å². The highest BCUT2D eigenvalue weighted by Crippen LogP contribution is 2.55. The van der Waals surface area contributed by atoms with Gasteiger partial charge in [0.25, 0.3) is 0 Å². The van der Waals surface area contributed by atoms with Gasteiger partial charge in [-0.1, -0.05) is 12.8 Å². The Kier molecular flexibility index (Phi) is 5.72. The van der Waals surface area contributed by atoms with Gasteiger partial charge in [-0.15, -0.1) is 0 Å². The molecule has 7 nitrogen and oxygen atoms in total. The van der Waals surface area contributed by atoms with Crippen LogP contribution in [-0.4, -0.2) is 47.4 Å². The monoisotopic (exact) mass is 437 g/mol. The summed E-state index contributed by atoms with van der Waals surface area (Å²) in [4.78, 5) is 11.2. The average molecular weight is 438 g/mol. The van der Waals surface area contributed by atoms with E-state index in [0.717, 1.165) is 73.2 Å². The van der Waals surface area contributed by atoms with Crippen LogP contribution < -0.4 is 21.1 Å². The summed E-state index contributed by atoms with van der Waals surface area (Å²) in [6.07, 6.45) is 11.3. The molecular weight excluding hydrogens is 402 g/mol. The van der Waals surface area contributed by atoms with Crippen molar-refractivity contribution in [1.29, 1.82) is 0 Å². The zero-order valence-electron chi connectivity index (χ0n) is 19.0. The van der Waals surface area contributed by atoms with Gasteiger partial charge in [-0.25, -0.2) is 9.97 Å². The van der Waals surface area contributed by atoms with Crippen LogP contribution in [-0.2, 0) is 11.8 Å². The number of nitrogens with zero attached hydrogens (tertiary/aromatic N) is 3. The van der Waals surface area contributed by atoms with Crippen molar-refractivity contribution in [2.45, 2.75) is 75.3 Å². The molecule has 0 aliphatic heterocycles. The van der Waals surface area contributed by atoms with E-state index in [1.54, 1.807) is 6.33 Å². The first-order valence-corrected chi connectivity index (χ1v) is 12.0. The lowest BCUT2D eigenvalue weighted by molar-refractivity contribution is 0.147. The number of ether oxygens (including phenoxy) is 1. The van der Waals surface area contributed by atoms with Crippen molar-refractivity contribution < 1.29 is 9.84 Å². The maximum absolute atomic E-state index is 9.71. The summed E-state index contributed by atoms with van der Waals surface area (Å²) in [5.41, 5.74) is 18.1. The van der Waals surface area contributed by atoms with Crippen LogP contribution in [0.25, 0.3) is 11.3 Å². The first-order chi connectivity index (χ1) is 15.5. The van der Waals surface area contributed by atoms with E-state index in [2.05, 4.69) is 22.0 Å². The van der Waals surface area contributed by atoms with Crippen LogP contribution in [0.5, 0.6) is 5.75 Å². The number of hydrogen-bond donors (Lipinski definition) is 3. The van der Waals surface area contributed by atoms with E-state index in [4.69, 9.17) is 21.2 Å². The highest BCUT2D eigenvalue weighted by molar-refractivity contribution is 5.83. The average Bonchev–Trinajstić information content (AvgIpc) is 3.24. The molecule has 0 radical (unpaired) electrons. The summed E-state index contributed by atoms with van der Waals surface area (Å²) in [6, 6.07) is 4.51. The number of anilines is 2. The van der Waals surface area contributed by atoms with Crippen molar-refractivity contribution in [2.75, 3.05) is 30.8 Å². The Morgan fingerprint density at radius 3 is 2.62 bits per heavy atom. The summed E-state index contributed by atoms with van der Waals surface area (Å²) >= 11 is 0. The lowest BCUT2D eigenvalue weighted by atomic mass is 9.67. The number of aromatic nitrogens is 2. The molecule has 5 N–H and O–H groups in total. The fourth-order valence-electron chi connectivity index (χ4n) is 6.21. The zero-order valence-corrected chi connectivity index (χ0v) is 19.0. The van der Waals surface area contributed by atoms with Gasteiger partial charge in [0.15, 0.2) is 0 Å². The van der Waals surface area contributed by atoms with Gasteiger partial charge in [-0.3, -0.25) is 0 Å². The quantitative estimate of drug-likeness (QED) is 0.659. The van der Waals surface area contributed by atoms with E-state index in [1.807, 2.05) is 7.05 Å². The first-order valence-electron chi connectivity index (χ1n) is 12.0. The number of nitrogens with two attached hydrogens (primary N) is 2. The second-order valence-corrected chi connectivity index (χ2v) is 9.88. The minimum atomic E-state index is -0.0152. The molecule has 32 heavy (non-hydrogen) atoms. The standard InChI is InChI=1S/C25H35N5O2/c1-30(12-13-31)23-19-14-25(10-2-3-11-25)21-22(28-15-29-24(21)27)18(19)8-9-20(23)32-17-6-4-16(26)5-7-17/h8-9,15-17,31H,2-7,10-14,26H2,1H3,(H2,27,28,29). The molecule has 1 heterocycles. The number of aliphatic hydroxyl groups is 1. The minimum Gasteiger partial charge on any atom is -0.488 e. The van der Waals surface area contributed by atoms with Gasteiger partial charge in [-0.05, 0) is 62.6 Å². The normalized spacial score (nSPS) is 23.6. The third-order valence-electron chi connectivity index (χ3n) is 7.81. The Balaban J connectivity index is 1.63. The van der Waals surface area contributed by atoms with Gasteiger partial charge in [0.2, 0.25) is 0 Å². The van der Waals surface area contributed by atoms with Crippen LogP contribution in [0.2, 0.25) is 0 Å². The van der Waals surface area contributed by atoms with Crippen LogP contribution in [0.3, 0.4) is 0 Å². The maximum atomic E-state index is 9.71.